The largest absolute Gasteiger partial charge is 0.478 e. The van der Waals surface area contributed by atoms with Crippen molar-refractivity contribution < 1.29 is 14.7 Å². The van der Waals surface area contributed by atoms with Crippen LogP contribution in [0.5, 0.6) is 0 Å². The highest BCUT2D eigenvalue weighted by atomic mass is 35.5. The fraction of sp³-hybridized carbons (Fsp3) is 0.143. The Morgan fingerprint density at radius 2 is 1.90 bits per heavy atom. The molecule has 1 aromatic carbocycles. The van der Waals surface area contributed by atoms with Gasteiger partial charge in [0, 0.05) is 13.6 Å². The number of nitrogens with zero attached hydrogens (tertiary/aromatic N) is 3. The predicted octanol–water partition coefficient (Wildman–Crippen LogP) is 2.10. The van der Waals surface area contributed by atoms with E-state index in [1.807, 2.05) is 0 Å². The Morgan fingerprint density at radius 3 is 2.48 bits per heavy atom. The lowest BCUT2D eigenvalue weighted by molar-refractivity contribution is 0.0695. The van der Waals surface area contributed by atoms with E-state index in [1.54, 1.807) is 19.2 Å². The van der Waals surface area contributed by atoms with Crippen molar-refractivity contribution in [2.75, 3.05) is 7.05 Å². The molecular formula is C14H12ClN3O3. The number of carboxylic acids is 1. The minimum Gasteiger partial charge on any atom is -0.478 e. The Morgan fingerprint density at radius 1 is 1.24 bits per heavy atom. The minimum absolute atomic E-state index is 0.153. The Bertz CT molecular complexity index is 673. The van der Waals surface area contributed by atoms with Gasteiger partial charge in [-0.2, -0.15) is 0 Å². The Kier molecular flexibility index (Phi) is 4.49. The Balaban J connectivity index is 2.08. The highest BCUT2D eigenvalue weighted by Gasteiger charge is 2.14. The maximum Gasteiger partial charge on any atom is 0.335 e. The molecule has 108 valence electrons. The van der Waals surface area contributed by atoms with Gasteiger partial charge in [0.05, 0.1) is 18.0 Å². The van der Waals surface area contributed by atoms with Crippen LogP contribution < -0.4 is 0 Å². The first kappa shape index (κ1) is 14.9. The van der Waals surface area contributed by atoms with E-state index in [1.165, 1.54) is 29.4 Å². The number of hydrogen-bond donors (Lipinski definition) is 1. The monoisotopic (exact) mass is 305 g/mol. The fourth-order valence-electron chi connectivity index (χ4n) is 1.74. The minimum atomic E-state index is -0.986. The van der Waals surface area contributed by atoms with Crippen LogP contribution in [0.25, 0.3) is 0 Å². The van der Waals surface area contributed by atoms with E-state index < -0.39 is 5.97 Å². The van der Waals surface area contributed by atoms with E-state index in [4.69, 9.17) is 16.7 Å². The summed E-state index contributed by atoms with van der Waals surface area (Å²) in [6.07, 6.45) is 2.70. The summed E-state index contributed by atoms with van der Waals surface area (Å²) in [6, 6.07) is 6.32. The highest BCUT2D eigenvalue weighted by Crippen LogP contribution is 2.10. The lowest BCUT2D eigenvalue weighted by Gasteiger charge is -2.16. The molecule has 1 N–H and O–H groups in total. The Hall–Kier alpha value is -2.47. The van der Waals surface area contributed by atoms with Gasteiger partial charge in [-0.15, -0.1) is 0 Å². The number of carbonyl (C=O) groups excluding carboxylic acids is 1. The third-order valence-corrected chi connectivity index (χ3v) is 2.97. The standard InChI is InChI=1S/C14H12ClN3O3/c1-18(13(19)11-6-16-7-12(15)17-11)8-9-2-4-10(5-3-9)14(20)21/h2-7H,8H2,1H3,(H,20,21). The molecule has 0 aliphatic carbocycles. The van der Waals surface area contributed by atoms with Crippen molar-refractivity contribution in [2.24, 2.45) is 0 Å². The van der Waals surface area contributed by atoms with Crippen molar-refractivity contribution in [3.8, 4) is 0 Å². The summed E-state index contributed by atoms with van der Waals surface area (Å²) in [7, 11) is 1.62. The van der Waals surface area contributed by atoms with Gasteiger partial charge in [0.15, 0.2) is 0 Å². The first-order valence-electron chi connectivity index (χ1n) is 6.02. The number of halogens is 1. The maximum atomic E-state index is 12.1. The fourth-order valence-corrected chi connectivity index (χ4v) is 1.89. The summed E-state index contributed by atoms with van der Waals surface area (Å²) >= 11 is 5.70. The molecule has 0 spiro atoms. The highest BCUT2D eigenvalue weighted by molar-refractivity contribution is 6.29. The molecule has 0 radical (unpaired) electrons. The molecule has 0 saturated carbocycles. The lowest BCUT2D eigenvalue weighted by Crippen LogP contribution is -2.27. The zero-order valence-electron chi connectivity index (χ0n) is 11.2. The van der Waals surface area contributed by atoms with Crippen LogP contribution in [0.2, 0.25) is 5.15 Å². The average Bonchev–Trinajstić information content (AvgIpc) is 2.47. The van der Waals surface area contributed by atoms with Crippen molar-refractivity contribution in [1.29, 1.82) is 0 Å². The second kappa shape index (κ2) is 6.32. The van der Waals surface area contributed by atoms with Crippen LogP contribution in [0.4, 0.5) is 0 Å². The van der Waals surface area contributed by atoms with E-state index in [0.717, 1.165) is 5.56 Å². The van der Waals surface area contributed by atoms with E-state index in [9.17, 15) is 9.59 Å². The molecule has 21 heavy (non-hydrogen) atoms. The molecule has 1 amide bonds. The van der Waals surface area contributed by atoms with Gasteiger partial charge in [-0.1, -0.05) is 23.7 Å². The number of carbonyl (C=O) groups is 2. The zero-order valence-corrected chi connectivity index (χ0v) is 11.9. The third kappa shape index (κ3) is 3.76. The summed E-state index contributed by atoms with van der Waals surface area (Å²) in [5.41, 5.74) is 1.17. The predicted molar refractivity (Wildman–Crippen MR) is 76.2 cm³/mol. The number of rotatable bonds is 4. The molecule has 2 rings (SSSR count). The van der Waals surface area contributed by atoms with Crippen LogP contribution in [0.15, 0.2) is 36.7 Å². The van der Waals surface area contributed by atoms with E-state index in [2.05, 4.69) is 9.97 Å². The number of aromatic carboxylic acids is 1. The molecule has 0 unspecified atom stereocenters. The molecule has 0 atom stereocenters. The van der Waals surface area contributed by atoms with Crippen molar-refractivity contribution >= 4 is 23.5 Å². The van der Waals surface area contributed by atoms with Crippen molar-refractivity contribution in [3.05, 3.63) is 58.6 Å². The number of aromatic nitrogens is 2. The maximum absolute atomic E-state index is 12.1. The van der Waals surface area contributed by atoms with Gasteiger partial charge in [0.1, 0.15) is 10.8 Å². The summed E-state index contributed by atoms with van der Waals surface area (Å²) in [6.45, 7) is 0.326. The number of amides is 1. The number of hydrogen-bond acceptors (Lipinski definition) is 4. The molecule has 1 heterocycles. The first-order valence-corrected chi connectivity index (χ1v) is 6.40. The third-order valence-electron chi connectivity index (χ3n) is 2.79. The molecule has 2 aromatic rings. The van der Waals surface area contributed by atoms with Crippen molar-refractivity contribution in [1.82, 2.24) is 14.9 Å². The molecule has 0 aliphatic heterocycles. The van der Waals surface area contributed by atoms with E-state index in [-0.39, 0.29) is 22.3 Å². The van der Waals surface area contributed by atoms with Gasteiger partial charge >= 0.3 is 5.97 Å². The average molecular weight is 306 g/mol. The zero-order chi connectivity index (χ0) is 15.4. The van der Waals surface area contributed by atoms with Gasteiger partial charge in [-0.3, -0.25) is 9.78 Å². The van der Waals surface area contributed by atoms with Crippen LogP contribution in [0.3, 0.4) is 0 Å². The van der Waals surface area contributed by atoms with E-state index >= 15 is 0 Å². The van der Waals surface area contributed by atoms with Crippen LogP contribution in [0, 0.1) is 0 Å². The van der Waals surface area contributed by atoms with E-state index in [0.29, 0.717) is 6.54 Å². The van der Waals surface area contributed by atoms with Gasteiger partial charge < -0.3 is 10.0 Å². The van der Waals surface area contributed by atoms with Crippen LogP contribution in [0.1, 0.15) is 26.4 Å². The van der Waals surface area contributed by atoms with Gasteiger partial charge in [-0.25, -0.2) is 9.78 Å². The number of benzene rings is 1. The topological polar surface area (TPSA) is 83.4 Å². The second-order valence-corrected chi connectivity index (χ2v) is 4.78. The second-order valence-electron chi connectivity index (χ2n) is 4.39. The van der Waals surface area contributed by atoms with Crippen LogP contribution in [-0.2, 0) is 6.54 Å². The van der Waals surface area contributed by atoms with Crippen LogP contribution in [-0.4, -0.2) is 38.9 Å². The molecule has 6 nitrogen and oxygen atoms in total. The van der Waals surface area contributed by atoms with Gasteiger partial charge in [0.2, 0.25) is 0 Å². The quantitative estimate of drug-likeness (QED) is 0.935. The smallest absolute Gasteiger partial charge is 0.335 e. The lowest BCUT2D eigenvalue weighted by atomic mass is 10.1. The molecule has 7 heteroatoms. The number of carboxylic acid groups (broad SMARTS) is 1. The Labute approximate surface area is 126 Å². The van der Waals surface area contributed by atoms with Crippen molar-refractivity contribution in [2.45, 2.75) is 6.54 Å². The first-order chi connectivity index (χ1) is 9.97. The summed E-state index contributed by atoms with van der Waals surface area (Å²) < 4.78 is 0. The normalized spacial score (nSPS) is 10.2. The van der Waals surface area contributed by atoms with Gasteiger partial charge in [-0.05, 0) is 17.7 Å². The van der Waals surface area contributed by atoms with Gasteiger partial charge in [0.25, 0.3) is 5.91 Å². The van der Waals surface area contributed by atoms with Crippen molar-refractivity contribution in [3.63, 3.8) is 0 Å². The molecule has 0 bridgehead atoms. The van der Waals surface area contributed by atoms with Crippen LogP contribution >= 0.6 is 11.6 Å². The summed E-state index contributed by atoms with van der Waals surface area (Å²) in [5.74, 6) is -1.30. The molecule has 1 aromatic heterocycles. The molecule has 0 saturated heterocycles. The molecular weight excluding hydrogens is 294 g/mol. The summed E-state index contributed by atoms with van der Waals surface area (Å²) in [4.78, 5) is 32.1. The SMILES string of the molecule is CN(Cc1ccc(C(=O)O)cc1)C(=O)c1cncc(Cl)n1. The summed E-state index contributed by atoms with van der Waals surface area (Å²) in [5, 5.41) is 8.98. The molecule has 0 fully saturated rings. The molecule has 0 aliphatic rings.